The van der Waals surface area contributed by atoms with Gasteiger partial charge in [0.2, 0.25) is 0 Å². The molecule has 0 saturated carbocycles. The zero-order chi connectivity index (χ0) is 26.8. The molecule has 9 heteroatoms. The Kier molecular flexibility index (Phi) is 5.91. The quantitative estimate of drug-likeness (QED) is 0.241. The lowest BCUT2D eigenvalue weighted by molar-refractivity contribution is -0.260. The lowest BCUT2D eigenvalue weighted by atomic mass is 9.81. The van der Waals surface area contributed by atoms with Crippen LogP contribution in [-0.4, -0.2) is 58.6 Å². The number of rotatable bonds is 4. The van der Waals surface area contributed by atoms with Gasteiger partial charge in [-0.3, -0.25) is 0 Å². The first-order valence-corrected chi connectivity index (χ1v) is 11.7. The number of methoxy groups -OCH3 is 2. The molecule has 37 heavy (non-hydrogen) atoms. The van der Waals surface area contributed by atoms with Gasteiger partial charge in [0.05, 0.1) is 31.1 Å². The van der Waals surface area contributed by atoms with Gasteiger partial charge >= 0.3 is 5.63 Å². The maximum atomic E-state index is 13.2. The summed E-state index contributed by atoms with van der Waals surface area (Å²) >= 11 is 0. The van der Waals surface area contributed by atoms with Crippen LogP contribution in [-0.2, 0) is 4.74 Å². The van der Waals surface area contributed by atoms with Gasteiger partial charge in [-0.2, -0.15) is 0 Å². The summed E-state index contributed by atoms with van der Waals surface area (Å²) in [6.45, 7) is 6.73. The second-order valence-corrected chi connectivity index (χ2v) is 9.48. The molecule has 0 amide bonds. The predicted octanol–water partition coefficient (Wildman–Crippen LogP) is 3.40. The van der Waals surface area contributed by atoms with E-state index < -0.39 is 35.6 Å². The SMILES string of the molecule is C=Cc1cc(OC)c2c(c1)c(=O)oc1c2cc(OC)c2c(O)ccc([C@@H]3O[C@H](C)[C@](C)(O)[C@H](O)[C@H]3O)c21. The summed E-state index contributed by atoms with van der Waals surface area (Å²) in [5.74, 6) is 0.528. The number of aliphatic hydroxyl groups excluding tert-OH is 2. The van der Waals surface area contributed by atoms with E-state index in [1.165, 1.54) is 33.3 Å². The van der Waals surface area contributed by atoms with Crippen LogP contribution in [0.25, 0.3) is 38.6 Å². The van der Waals surface area contributed by atoms with Crippen molar-refractivity contribution in [3.63, 3.8) is 0 Å². The second kappa shape index (κ2) is 8.74. The van der Waals surface area contributed by atoms with E-state index in [9.17, 15) is 25.2 Å². The highest BCUT2D eigenvalue weighted by atomic mass is 16.5. The monoisotopic (exact) mass is 508 g/mol. The van der Waals surface area contributed by atoms with Crippen molar-refractivity contribution < 1.29 is 39.1 Å². The first-order valence-electron chi connectivity index (χ1n) is 11.7. The van der Waals surface area contributed by atoms with Gasteiger partial charge in [0.25, 0.3) is 0 Å². The Labute approximate surface area is 211 Å². The van der Waals surface area contributed by atoms with Crippen molar-refractivity contribution in [2.45, 2.75) is 43.9 Å². The molecule has 0 spiro atoms. The normalized spacial score (nSPS) is 26.0. The molecule has 1 aliphatic heterocycles. The summed E-state index contributed by atoms with van der Waals surface area (Å²) in [5, 5.41) is 44.8. The molecular formula is C28H28O9. The Balaban J connectivity index is 1.96. The average Bonchev–Trinajstić information content (AvgIpc) is 2.89. The standard InChI is InChI=1S/C28H28O9/c1-6-13-9-16-20(18(10-13)34-4)15-11-19(35-5)22-17(29)8-7-14(21(22)24(15)37-27(16)32)25-23(30)26(31)28(3,33)12(2)36-25/h6-12,23,25-26,29-31,33H,1H2,2-5H3/t12-,23+,25+,26-,28+/m1/s1. The highest BCUT2D eigenvalue weighted by Gasteiger charge is 2.50. The van der Waals surface area contributed by atoms with E-state index in [0.717, 1.165) is 0 Å². The summed E-state index contributed by atoms with van der Waals surface area (Å²) < 4.78 is 23.1. The van der Waals surface area contributed by atoms with Crippen LogP contribution in [0.2, 0.25) is 0 Å². The molecule has 2 heterocycles. The maximum absolute atomic E-state index is 13.2. The summed E-state index contributed by atoms with van der Waals surface area (Å²) in [7, 11) is 2.93. The van der Waals surface area contributed by atoms with E-state index in [4.69, 9.17) is 18.6 Å². The first-order chi connectivity index (χ1) is 17.5. The van der Waals surface area contributed by atoms with E-state index in [0.29, 0.717) is 27.6 Å². The zero-order valence-corrected chi connectivity index (χ0v) is 20.8. The van der Waals surface area contributed by atoms with Crippen molar-refractivity contribution in [3.8, 4) is 17.2 Å². The topological polar surface area (TPSA) is 139 Å². The van der Waals surface area contributed by atoms with Crippen LogP contribution >= 0.6 is 0 Å². The third-order valence-corrected chi connectivity index (χ3v) is 7.41. The third-order valence-electron chi connectivity index (χ3n) is 7.41. The summed E-state index contributed by atoms with van der Waals surface area (Å²) in [6.07, 6.45) is -3.47. The van der Waals surface area contributed by atoms with Crippen molar-refractivity contribution in [2.24, 2.45) is 0 Å². The highest BCUT2D eigenvalue weighted by molar-refractivity contribution is 6.19. The molecule has 5 atom stereocenters. The number of benzene rings is 3. The predicted molar refractivity (Wildman–Crippen MR) is 138 cm³/mol. The maximum Gasteiger partial charge on any atom is 0.344 e. The number of phenols is 1. The highest BCUT2D eigenvalue weighted by Crippen LogP contribution is 2.47. The molecule has 1 fully saturated rings. The van der Waals surface area contributed by atoms with Gasteiger partial charge in [0.15, 0.2) is 0 Å². The Morgan fingerprint density at radius 3 is 2.35 bits per heavy atom. The molecule has 4 aromatic rings. The number of phenolic OH excluding ortho intramolecular Hbond substituents is 1. The fraction of sp³-hybridized carbons (Fsp3) is 0.321. The Hall–Kier alpha value is -3.63. The van der Waals surface area contributed by atoms with Crippen LogP contribution in [0.5, 0.6) is 17.2 Å². The molecule has 0 bridgehead atoms. The Morgan fingerprint density at radius 1 is 1.03 bits per heavy atom. The van der Waals surface area contributed by atoms with Gasteiger partial charge in [0.1, 0.15) is 46.7 Å². The van der Waals surface area contributed by atoms with Crippen LogP contribution in [0.3, 0.4) is 0 Å². The molecule has 1 aromatic heterocycles. The minimum atomic E-state index is -1.71. The molecule has 1 aliphatic rings. The van der Waals surface area contributed by atoms with E-state index in [1.54, 1.807) is 31.2 Å². The van der Waals surface area contributed by atoms with Crippen molar-refractivity contribution in [2.75, 3.05) is 14.2 Å². The van der Waals surface area contributed by atoms with E-state index >= 15 is 0 Å². The molecule has 194 valence electrons. The van der Waals surface area contributed by atoms with Crippen molar-refractivity contribution in [1.29, 1.82) is 0 Å². The summed E-state index contributed by atoms with van der Waals surface area (Å²) in [4.78, 5) is 13.2. The molecule has 0 aliphatic carbocycles. The van der Waals surface area contributed by atoms with Crippen LogP contribution < -0.4 is 15.1 Å². The fourth-order valence-electron chi connectivity index (χ4n) is 5.14. The van der Waals surface area contributed by atoms with Crippen LogP contribution in [0.1, 0.15) is 31.1 Å². The van der Waals surface area contributed by atoms with Crippen LogP contribution in [0.4, 0.5) is 0 Å². The number of hydrogen-bond donors (Lipinski definition) is 4. The molecule has 0 radical (unpaired) electrons. The number of fused-ring (bicyclic) bond motifs is 5. The van der Waals surface area contributed by atoms with Gasteiger partial charge in [-0.25, -0.2) is 4.79 Å². The number of aliphatic hydroxyl groups is 3. The van der Waals surface area contributed by atoms with Gasteiger partial charge in [-0.15, -0.1) is 0 Å². The molecule has 4 N–H and O–H groups in total. The fourth-order valence-corrected chi connectivity index (χ4v) is 5.14. The van der Waals surface area contributed by atoms with Gasteiger partial charge < -0.3 is 39.1 Å². The molecule has 1 saturated heterocycles. The van der Waals surface area contributed by atoms with Crippen molar-refractivity contribution in [3.05, 3.63) is 58.5 Å². The molecular weight excluding hydrogens is 480 g/mol. The smallest absolute Gasteiger partial charge is 0.344 e. The third kappa shape index (κ3) is 3.58. The van der Waals surface area contributed by atoms with E-state index in [-0.39, 0.29) is 33.2 Å². The number of aromatic hydroxyl groups is 1. The Morgan fingerprint density at radius 2 is 1.70 bits per heavy atom. The van der Waals surface area contributed by atoms with E-state index in [2.05, 4.69) is 6.58 Å². The molecule has 9 nitrogen and oxygen atoms in total. The van der Waals surface area contributed by atoms with Gasteiger partial charge in [-0.1, -0.05) is 18.7 Å². The minimum Gasteiger partial charge on any atom is -0.507 e. The zero-order valence-electron chi connectivity index (χ0n) is 20.8. The molecule has 3 aromatic carbocycles. The van der Waals surface area contributed by atoms with Gasteiger partial charge in [0, 0.05) is 16.2 Å². The first kappa shape index (κ1) is 25.0. The molecule has 0 unspecified atom stereocenters. The second-order valence-electron chi connectivity index (χ2n) is 9.48. The summed E-state index contributed by atoms with van der Waals surface area (Å²) in [6, 6.07) is 7.95. The van der Waals surface area contributed by atoms with E-state index in [1.807, 2.05) is 0 Å². The minimum absolute atomic E-state index is 0.110. The van der Waals surface area contributed by atoms with Crippen molar-refractivity contribution in [1.82, 2.24) is 0 Å². The largest absolute Gasteiger partial charge is 0.507 e. The summed E-state index contributed by atoms with van der Waals surface area (Å²) in [5.41, 5.74) is -1.25. The number of ether oxygens (including phenoxy) is 3. The van der Waals surface area contributed by atoms with Crippen LogP contribution in [0.15, 0.2) is 46.1 Å². The van der Waals surface area contributed by atoms with Crippen LogP contribution in [0, 0.1) is 0 Å². The lowest BCUT2D eigenvalue weighted by Crippen LogP contribution is -2.61. The lowest BCUT2D eigenvalue weighted by Gasteiger charge is -2.46. The van der Waals surface area contributed by atoms with Crippen molar-refractivity contribution >= 4 is 38.6 Å². The van der Waals surface area contributed by atoms with Gasteiger partial charge in [-0.05, 0) is 49.2 Å². The number of hydrogen-bond acceptors (Lipinski definition) is 9. The Bertz CT molecular complexity index is 1620. The molecule has 5 rings (SSSR count). The average molecular weight is 509 g/mol.